The summed E-state index contributed by atoms with van der Waals surface area (Å²) in [4.78, 5) is 12.1. The Labute approximate surface area is 136 Å². The van der Waals surface area contributed by atoms with Crippen molar-refractivity contribution in [2.75, 3.05) is 25.1 Å². The Kier molecular flexibility index (Phi) is 6.45. The van der Waals surface area contributed by atoms with Crippen LogP contribution in [0.5, 0.6) is 5.75 Å². The number of benzene rings is 1. The zero-order chi connectivity index (χ0) is 16.5. The molecule has 1 aromatic rings. The predicted octanol–water partition coefficient (Wildman–Crippen LogP) is 2.20. The number of nitriles is 1. The van der Waals surface area contributed by atoms with E-state index < -0.39 is 5.91 Å². The molecule has 1 saturated heterocycles. The number of amides is 1. The number of rotatable bonds is 7. The fourth-order valence-electron chi connectivity index (χ4n) is 2.25. The molecule has 6 heteroatoms. The largest absolute Gasteiger partial charge is 0.494 e. The molecule has 1 aliphatic heterocycles. The summed E-state index contributed by atoms with van der Waals surface area (Å²) >= 11 is 0. The highest BCUT2D eigenvalue weighted by atomic mass is 16.5. The van der Waals surface area contributed by atoms with E-state index in [1.54, 1.807) is 24.3 Å². The van der Waals surface area contributed by atoms with E-state index in [-0.39, 0.29) is 11.7 Å². The van der Waals surface area contributed by atoms with Crippen LogP contribution in [0.4, 0.5) is 5.69 Å². The molecule has 23 heavy (non-hydrogen) atoms. The van der Waals surface area contributed by atoms with Crippen LogP contribution in [0.3, 0.4) is 0 Å². The van der Waals surface area contributed by atoms with Crippen LogP contribution in [0.25, 0.3) is 0 Å². The standard InChI is InChI=1S/C17H21N3O3/c1-2-22-15-7-5-14(6-8-15)20-17(21)13(10-18)11-19-12-16-4-3-9-23-16/h5-8,11,16,19H,2-4,9,12H2,1H3,(H,20,21)/b13-11-. The van der Waals surface area contributed by atoms with Gasteiger partial charge in [0.05, 0.1) is 12.7 Å². The molecule has 0 saturated carbocycles. The van der Waals surface area contributed by atoms with Gasteiger partial charge in [-0.05, 0) is 44.0 Å². The van der Waals surface area contributed by atoms with Gasteiger partial charge in [0.2, 0.25) is 0 Å². The van der Waals surface area contributed by atoms with Crippen molar-refractivity contribution in [2.24, 2.45) is 0 Å². The second kappa shape index (κ2) is 8.81. The van der Waals surface area contributed by atoms with Gasteiger partial charge >= 0.3 is 0 Å². The summed E-state index contributed by atoms with van der Waals surface area (Å²) in [6, 6.07) is 8.90. The number of carbonyl (C=O) groups excluding carboxylic acids is 1. The number of hydrogen-bond donors (Lipinski definition) is 2. The lowest BCUT2D eigenvalue weighted by atomic mass is 10.2. The van der Waals surface area contributed by atoms with Gasteiger partial charge in [0.25, 0.3) is 5.91 Å². The van der Waals surface area contributed by atoms with Gasteiger partial charge in [-0.15, -0.1) is 0 Å². The van der Waals surface area contributed by atoms with Gasteiger partial charge in [0.1, 0.15) is 17.4 Å². The third kappa shape index (κ3) is 5.31. The fourth-order valence-corrected chi connectivity index (χ4v) is 2.25. The van der Waals surface area contributed by atoms with E-state index in [1.165, 1.54) is 6.20 Å². The van der Waals surface area contributed by atoms with Crippen LogP contribution in [0.2, 0.25) is 0 Å². The molecular formula is C17H21N3O3. The molecule has 1 fully saturated rings. The molecular weight excluding hydrogens is 294 g/mol. The summed E-state index contributed by atoms with van der Waals surface area (Å²) in [5.41, 5.74) is 0.635. The van der Waals surface area contributed by atoms with Crippen LogP contribution in [0.15, 0.2) is 36.0 Å². The molecule has 0 spiro atoms. The fraction of sp³-hybridized carbons (Fsp3) is 0.412. The van der Waals surface area contributed by atoms with Gasteiger partial charge in [-0.3, -0.25) is 4.79 Å². The molecule has 1 heterocycles. The van der Waals surface area contributed by atoms with Gasteiger partial charge in [0, 0.05) is 25.0 Å². The Morgan fingerprint density at radius 2 is 2.26 bits per heavy atom. The third-order valence-corrected chi connectivity index (χ3v) is 3.40. The number of hydrogen-bond acceptors (Lipinski definition) is 5. The lowest BCUT2D eigenvalue weighted by molar-refractivity contribution is -0.112. The molecule has 1 amide bonds. The number of nitrogens with zero attached hydrogens (tertiary/aromatic N) is 1. The van der Waals surface area contributed by atoms with E-state index in [1.807, 2.05) is 13.0 Å². The first-order chi connectivity index (χ1) is 11.2. The van der Waals surface area contributed by atoms with Crippen molar-refractivity contribution < 1.29 is 14.3 Å². The van der Waals surface area contributed by atoms with Gasteiger partial charge in [-0.2, -0.15) is 5.26 Å². The maximum atomic E-state index is 12.1. The number of nitrogens with one attached hydrogen (secondary N) is 2. The molecule has 2 N–H and O–H groups in total. The Hall–Kier alpha value is -2.52. The van der Waals surface area contributed by atoms with E-state index in [4.69, 9.17) is 14.7 Å². The van der Waals surface area contributed by atoms with Crippen molar-refractivity contribution >= 4 is 11.6 Å². The van der Waals surface area contributed by atoms with E-state index in [0.29, 0.717) is 18.8 Å². The predicted molar refractivity (Wildman–Crippen MR) is 86.9 cm³/mol. The Morgan fingerprint density at radius 1 is 1.48 bits per heavy atom. The number of carbonyl (C=O) groups is 1. The van der Waals surface area contributed by atoms with Crippen LogP contribution in [-0.4, -0.2) is 31.8 Å². The molecule has 1 unspecified atom stereocenters. The lowest BCUT2D eigenvalue weighted by Gasteiger charge is -2.09. The monoisotopic (exact) mass is 315 g/mol. The Bertz CT molecular complexity index is 584. The van der Waals surface area contributed by atoms with Crippen molar-refractivity contribution in [1.29, 1.82) is 5.26 Å². The molecule has 1 aromatic carbocycles. The minimum absolute atomic E-state index is 0.0249. The first-order valence-corrected chi connectivity index (χ1v) is 7.72. The van der Waals surface area contributed by atoms with Gasteiger partial charge in [-0.25, -0.2) is 0 Å². The molecule has 1 atom stereocenters. The maximum absolute atomic E-state index is 12.1. The summed E-state index contributed by atoms with van der Waals surface area (Å²) in [5, 5.41) is 14.8. The number of ether oxygens (including phenoxy) is 2. The summed E-state index contributed by atoms with van der Waals surface area (Å²) in [6.45, 7) is 3.87. The second-order valence-electron chi connectivity index (χ2n) is 5.12. The quantitative estimate of drug-likeness (QED) is 0.595. The summed E-state index contributed by atoms with van der Waals surface area (Å²) < 4.78 is 10.8. The lowest BCUT2D eigenvalue weighted by Crippen LogP contribution is -2.24. The van der Waals surface area contributed by atoms with Crippen LogP contribution in [-0.2, 0) is 9.53 Å². The van der Waals surface area contributed by atoms with Crippen molar-refractivity contribution in [1.82, 2.24) is 5.32 Å². The topological polar surface area (TPSA) is 83.4 Å². The van der Waals surface area contributed by atoms with Crippen molar-refractivity contribution in [2.45, 2.75) is 25.9 Å². The van der Waals surface area contributed by atoms with Crippen molar-refractivity contribution in [3.63, 3.8) is 0 Å². The van der Waals surface area contributed by atoms with E-state index in [9.17, 15) is 4.79 Å². The zero-order valence-electron chi connectivity index (χ0n) is 13.2. The van der Waals surface area contributed by atoms with E-state index >= 15 is 0 Å². The van der Waals surface area contributed by atoms with Gasteiger partial charge < -0.3 is 20.1 Å². The molecule has 2 rings (SSSR count). The molecule has 0 aromatic heterocycles. The highest BCUT2D eigenvalue weighted by molar-refractivity contribution is 6.06. The zero-order valence-corrected chi connectivity index (χ0v) is 13.2. The summed E-state index contributed by atoms with van der Waals surface area (Å²) in [6.07, 6.45) is 3.65. The minimum Gasteiger partial charge on any atom is -0.494 e. The first-order valence-electron chi connectivity index (χ1n) is 7.72. The third-order valence-electron chi connectivity index (χ3n) is 3.40. The van der Waals surface area contributed by atoms with Crippen LogP contribution in [0.1, 0.15) is 19.8 Å². The van der Waals surface area contributed by atoms with Crippen LogP contribution >= 0.6 is 0 Å². The minimum atomic E-state index is -0.448. The van der Waals surface area contributed by atoms with E-state index in [0.717, 1.165) is 25.2 Å². The Morgan fingerprint density at radius 3 is 2.87 bits per heavy atom. The summed E-state index contributed by atoms with van der Waals surface area (Å²) in [5.74, 6) is 0.288. The van der Waals surface area contributed by atoms with Crippen LogP contribution in [0, 0.1) is 11.3 Å². The van der Waals surface area contributed by atoms with Crippen LogP contribution < -0.4 is 15.4 Å². The van der Waals surface area contributed by atoms with Gasteiger partial charge in [-0.1, -0.05) is 0 Å². The average Bonchev–Trinajstić information content (AvgIpc) is 3.07. The van der Waals surface area contributed by atoms with Gasteiger partial charge in [0.15, 0.2) is 0 Å². The first kappa shape index (κ1) is 16.8. The highest BCUT2D eigenvalue weighted by Crippen LogP contribution is 2.16. The number of anilines is 1. The summed E-state index contributed by atoms with van der Waals surface area (Å²) in [7, 11) is 0. The molecule has 1 aliphatic rings. The second-order valence-corrected chi connectivity index (χ2v) is 5.12. The highest BCUT2D eigenvalue weighted by Gasteiger charge is 2.15. The van der Waals surface area contributed by atoms with Crippen molar-refractivity contribution in [3.05, 3.63) is 36.0 Å². The van der Waals surface area contributed by atoms with E-state index in [2.05, 4.69) is 10.6 Å². The van der Waals surface area contributed by atoms with Crippen molar-refractivity contribution in [3.8, 4) is 11.8 Å². The average molecular weight is 315 g/mol. The normalized spacial score (nSPS) is 17.4. The molecule has 122 valence electrons. The molecule has 0 bridgehead atoms. The Balaban J connectivity index is 1.87. The molecule has 0 radical (unpaired) electrons. The maximum Gasteiger partial charge on any atom is 0.267 e. The molecule has 0 aliphatic carbocycles. The molecule has 6 nitrogen and oxygen atoms in total. The smallest absolute Gasteiger partial charge is 0.267 e. The SMILES string of the molecule is CCOc1ccc(NC(=O)/C(C#N)=C\NCC2CCCO2)cc1.